The molecule has 0 aliphatic rings. The largest absolute Gasteiger partial charge is 0.478 e. The van der Waals surface area contributed by atoms with Crippen LogP contribution in [0, 0.1) is 11.6 Å². The van der Waals surface area contributed by atoms with Gasteiger partial charge in [0.05, 0.1) is 16.3 Å². The SMILES string of the molecule is CC(=O)Nc1cc(C(=O)O)c(Cl)c(F)c1F. The van der Waals surface area contributed by atoms with E-state index >= 15 is 0 Å². The third-order valence-corrected chi connectivity index (χ3v) is 2.06. The van der Waals surface area contributed by atoms with Crippen LogP contribution in [0.2, 0.25) is 5.02 Å². The van der Waals surface area contributed by atoms with Gasteiger partial charge in [0.15, 0.2) is 11.6 Å². The first kappa shape index (κ1) is 12.4. The number of amides is 1. The summed E-state index contributed by atoms with van der Waals surface area (Å²) in [7, 11) is 0. The van der Waals surface area contributed by atoms with Crippen LogP contribution in [0.15, 0.2) is 6.07 Å². The normalized spacial score (nSPS) is 10.0. The minimum atomic E-state index is -1.52. The lowest BCUT2D eigenvalue weighted by atomic mass is 10.2. The lowest BCUT2D eigenvalue weighted by molar-refractivity contribution is -0.114. The molecule has 1 amide bonds. The Balaban J connectivity index is 3.40. The van der Waals surface area contributed by atoms with E-state index in [4.69, 9.17) is 16.7 Å². The average Bonchev–Trinajstić information content (AvgIpc) is 2.18. The van der Waals surface area contributed by atoms with Crippen molar-refractivity contribution in [3.63, 3.8) is 0 Å². The summed E-state index contributed by atoms with van der Waals surface area (Å²) in [6, 6.07) is 0.754. The lowest BCUT2D eigenvalue weighted by Crippen LogP contribution is -2.11. The van der Waals surface area contributed by atoms with Crippen molar-refractivity contribution in [2.75, 3.05) is 5.32 Å². The van der Waals surface area contributed by atoms with Crippen LogP contribution >= 0.6 is 11.6 Å². The molecule has 0 heterocycles. The number of carbonyl (C=O) groups is 2. The van der Waals surface area contributed by atoms with Crippen molar-refractivity contribution in [3.8, 4) is 0 Å². The molecule has 0 aromatic heterocycles. The van der Waals surface area contributed by atoms with Gasteiger partial charge in [0.1, 0.15) is 0 Å². The maximum Gasteiger partial charge on any atom is 0.337 e. The van der Waals surface area contributed by atoms with E-state index < -0.39 is 39.8 Å². The molecule has 0 radical (unpaired) electrons. The quantitative estimate of drug-likeness (QED) is 0.790. The van der Waals surface area contributed by atoms with Gasteiger partial charge in [-0.2, -0.15) is 0 Å². The predicted octanol–water partition coefficient (Wildman–Crippen LogP) is 2.27. The molecule has 0 bridgehead atoms. The van der Waals surface area contributed by atoms with Crippen LogP contribution in [0.3, 0.4) is 0 Å². The zero-order valence-electron chi connectivity index (χ0n) is 7.97. The Bertz CT molecular complexity index is 476. The fourth-order valence-electron chi connectivity index (χ4n) is 1.04. The van der Waals surface area contributed by atoms with Gasteiger partial charge in [-0.1, -0.05) is 11.6 Å². The summed E-state index contributed by atoms with van der Waals surface area (Å²) in [5.74, 6) is -5.08. The van der Waals surface area contributed by atoms with Gasteiger partial charge in [0.2, 0.25) is 5.91 Å². The summed E-state index contributed by atoms with van der Waals surface area (Å²) in [5.41, 5.74) is -1.18. The number of carboxylic acids is 1. The van der Waals surface area contributed by atoms with Crippen molar-refractivity contribution < 1.29 is 23.5 Å². The van der Waals surface area contributed by atoms with Crippen molar-refractivity contribution in [1.82, 2.24) is 0 Å². The maximum absolute atomic E-state index is 13.2. The molecule has 0 saturated heterocycles. The molecule has 0 fully saturated rings. The minimum absolute atomic E-state index is 0.563. The number of anilines is 1. The molecule has 0 spiro atoms. The molecule has 4 nitrogen and oxygen atoms in total. The number of carboxylic acid groups (broad SMARTS) is 1. The van der Waals surface area contributed by atoms with Crippen LogP contribution in [-0.4, -0.2) is 17.0 Å². The maximum atomic E-state index is 13.2. The molecular formula is C9H6ClF2NO3. The molecule has 0 aliphatic heterocycles. The Morgan fingerprint density at radius 2 is 1.94 bits per heavy atom. The number of hydrogen-bond acceptors (Lipinski definition) is 2. The van der Waals surface area contributed by atoms with Crippen molar-refractivity contribution >= 4 is 29.2 Å². The van der Waals surface area contributed by atoms with Crippen LogP contribution in [0.25, 0.3) is 0 Å². The van der Waals surface area contributed by atoms with Crippen LogP contribution < -0.4 is 5.32 Å². The molecule has 1 aromatic rings. The zero-order valence-corrected chi connectivity index (χ0v) is 8.73. The topological polar surface area (TPSA) is 66.4 Å². The van der Waals surface area contributed by atoms with E-state index in [1.54, 1.807) is 0 Å². The Hall–Kier alpha value is -1.69. The van der Waals surface area contributed by atoms with Gasteiger partial charge >= 0.3 is 5.97 Å². The van der Waals surface area contributed by atoms with E-state index in [2.05, 4.69) is 0 Å². The summed E-state index contributed by atoms with van der Waals surface area (Å²) in [6.07, 6.45) is 0. The third-order valence-electron chi connectivity index (χ3n) is 1.69. The molecule has 2 N–H and O–H groups in total. The van der Waals surface area contributed by atoms with Crippen molar-refractivity contribution in [2.45, 2.75) is 6.92 Å². The number of nitrogens with one attached hydrogen (secondary N) is 1. The van der Waals surface area contributed by atoms with E-state index in [0.29, 0.717) is 0 Å². The van der Waals surface area contributed by atoms with Gasteiger partial charge in [0.25, 0.3) is 0 Å². The first-order chi connectivity index (χ1) is 7.34. The molecule has 0 aliphatic carbocycles. The van der Waals surface area contributed by atoms with E-state index in [1.165, 1.54) is 0 Å². The summed E-state index contributed by atoms with van der Waals surface area (Å²) in [6.45, 7) is 1.08. The first-order valence-electron chi connectivity index (χ1n) is 4.03. The lowest BCUT2D eigenvalue weighted by Gasteiger charge is -2.08. The highest BCUT2D eigenvalue weighted by Crippen LogP contribution is 2.28. The second-order valence-corrected chi connectivity index (χ2v) is 3.28. The molecule has 7 heteroatoms. The zero-order chi connectivity index (χ0) is 12.5. The minimum Gasteiger partial charge on any atom is -0.478 e. The molecule has 0 atom stereocenters. The van der Waals surface area contributed by atoms with E-state index in [0.717, 1.165) is 13.0 Å². The molecule has 16 heavy (non-hydrogen) atoms. The number of hydrogen-bond donors (Lipinski definition) is 2. The molecule has 86 valence electrons. The summed E-state index contributed by atoms with van der Waals surface area (Å²) >= 11 is 5.29. The molecular weight excluding hydrogens is 244 g/mol. The van der Waals surface area contributed by atoms with Crippen LogP contribution in [0.4, 0.5) is 14.5 Å². The van der Waals surface area contributed by atoms with Gasteiger partial charge < -0.3 is 10.4 Å². The number of rotatable bonds is 2. The van der Waals surface area contributed by atoms with Crippen molar-refractivity contribution in [1.29, 1.82) is 0 Å². The van der Waals surface area contributed by atoms with E-state index in [-0.39, 0.29) is 0 Å². The Labute approximate surface area is 93.8 Å². The summed E-state index contributed by atoms with van der Waals surface area (Å²) in [5, 5.41) is 9.78. The Morgan fingerprint density at radius 1 is 1.38 bits per heavy atom. The van der Waals surface area contributed by atoms with Gasteiger partial charge in [0, 0.05) is 6.92 Å². The highest BCUT2D eigenvalue weighted by atomic mass is 35.5. The number of halogens is 3. The summed E-state index contributed by atoms with van der Waals surface area (Å²) < 4.78 is 26.3. The highest BCUT2D eigenvalue weighted by molar-refractivity contribution is 6.33. The predicted molar refractivity (Wildman–Crippen MR) is 52.6 cm³/mol. The molecule has 0 unspecified atom stereocenters. The van der Waals surface area contributed by atoms with Crippen molar-refractivity contribution in [2.24, 2.45) is 0 Å². The van der Waals surface area contributed by atoms with E-state index in [9.17, 15) is 18.4 Å². The van der Waals surface area contributed by atoms with Gasteiger partial charge in [-0.15, -0.1) is 0 Å². The van der Waals surface area contributed by atoms with Gasteiger partial charge in [-0.05, 0) is 6.07 Å². The molecule has 1 rings (SSSR count). The highest BCUT2D eigenvalue weighted by Gasteiger charge is 2.21. The first-order valence-corrected chi connectivity index (χ1v) is 4.40. The van der Waals surface area contributed by atoms with Gasteiger partial charge in [-0.25, -0.2) is 13.6 Å². The van der Waals surface area contributed by atoms with Crippen LogP contribution in [0.5, 0.6) is 0 Å². The second kappa shape index (κ2) is 4.44. The Kier molecular flexibility index (Phi) is 3.44. The number of aromatic carboxylic acids is 1. The molecule has 1 aromatic carbocycles. The molecule has 0 saturated carbocycles. The van der Waals surface area contributed by atoms with E-state index in [1.807, 2.05) is 5.32 Å². The van der Waals surface area contributed by atoms with Crippen LogP contribution in [0.1, 0.15) is 17.3 Å². The Morgan fingerprint density at radius 3 is 2.38 bits per heavy atom. The average molecular weight is 250 g/mol. The van der Waals surface area contributed by atoms with Crippen molar-refractivity contribution in [3.05, 3.63) is 28.3 Å². The van der Waals surface area contributed by atoms with Crippen LogP contribution in [-0.2, 0) is 4.79 Å². The smallest absolute Gasteiger partial charge is 0.337 e. The fourth-order valence-corrected chi connectivity index (χ4v) is 1.26. The number of benzene rings is 1. The summed E-state index contributed by atoms with van der Waals surface area (Å²) in [4.78, 5) is 21.3. The second-order valence-electron chi connectivity index (χ2n) is 2.90. The van der Waals surface area contributed by atoms with Gasteiger partial charge in [-0.3, -0.25) is 4.79 Å². The standard InChI is InChI=1S/C9H6ClF2NO3/c1-3(14)13-5-2-4(9(15)16)6(10)8(12)7(5)11/h2H,1H3,(H,13,14)(H,15,16). The third kappa shape index (κ3) is 2.27. The monoisotopic (exact) mass is 249 g/mol. The number of carbonyl (C=O) groups excluding carboxylic acids is 1. The fraction of sp³-hybridized carbons (Fsp3) is 0.111.